The predicted octanol–water partition coefficient (Wildman–Crippen LogP) is 3.36. The summed E-state index contributed by atoms with van der Waals surface area (Å²) < 4.78 is 35.3. The van der Waals surface area contributed by atoms with Gasteiger partial charge in [0.05, 0.1) is 29.2 Å². The van der Waals surface area contributed by atoms with Crippen LogP contribution < -0.4 is 10.1 Å². The Balaban J connectivity index is 1.80. The lowest BCUT2D eigenvalue weighted by atomic mass is 9.87. The van der Waals surface area contributed by atoms with Crippen molar-refractivity contribution in [1.29, 1.82) is 0 Å². The molecule has 1 atom stereocenters. The van der Waals surface area contributed by atoms with E-state index < -0.39 is 9.84 Å². The lowest BCUT2D eigenvalue weighted by Gasteiger charge is -2.28. The minimum atomic E-state index is -3.06. The first-order chi connectivity index (χ1) is 14.0. The summed E-state index contributed by atoms with van der Waals surface area (Å²) in [5.41, 5.74) is 1.29. The molecule has 7 nitrogen and oxygen atoms in total. The zero-order valence-electron chi connectivity index (χ0n) is 18.2. The average Bonchev–Trinajstić information content (AvgIpc) is 3.01. The summed E-state index contributed by atoms with van der Waals surface area (Å²) in [4.78, 5) is 14.2. The smallest absolute Gasteiger partial charge is 0.317 e. The number of methoxy groups -OCH3 is 1. The van der Waals surface area contributed by atoms with Crippen molar-refractivity contribution in [2.24, 2.45) is 0 Å². The highest BCUT2D eigenvalue weighted by Gasteiger charge is 2.34. The number of carbonyl (C=O) groups is 1. The van der Waals surface area contributed by atoms with Gasteiger partial charge in [0.2, 0.25) is 0 Å². The molecule has 1 heterocycles. The van der Waals surface area contributed by atoms with Crippen LogP contribution in [0, 0.1) is 0 Å². The van der Waals surface area contributed by atoms with Gasteiger partial charge in [0.25, 0.3) is 0 Å². The number of hydrogen-bond acceptors (Lipinski definition) is 5. The lowest BCUT2D eigenvalue weighted by Crippen LogP contribution is -2.48. The summed E-state index contributed by atoms with van der Waals surface area (Å²) in [6.07, 6.45) is 1.11. The molecular formula is C21H33BrN2O5S. The lowest BCUT2D eigenvalue weighted by molar-refractivity contribution is 0.133. The van der Waals surface area contributed by atoms with E-state index in [1.807, 2.05) is 6.07 Å². The van der Waals surface area contributed by atoms with E-state index in [-0.39, 0.29) is 29.0 Å². The maximum atomic E-state index is 12.6. The fourth-order valence-electron chi connectivity index (χ4n) is 3.30. The number of nitrogens with zero attached hydrogens (tertiary/aromatic N) is 1. The highest BCUT2D eigenvalue weighted by molar-refractivity contribution is 9.10. The second-order valence-corrected chi connectivity index (χ2v) is 11.7. The number of sulfone groups is 1. The van der Waals surface area contributed by atoms with Crippen molar-refractivity contribution in [1.82, 2.24) is 10.2 Å². The minimum Gasteiger partial charge on any atom is -0.492 e. The van der Waals surface area contributed by atoms with Gasteiger partial charge in [-0.25, -0.2) is 13.2 Å². The Hall–Kier alpha value is -1.32. The van der Waals surface area contributed by atoms with Crippen LogP contribution in [0.2, 0.25) is 0 Å². The fourth-order valence-corrected chi connectivity index (χ4v) is 5.52. The molecule has 1 aromatic rings. The van der Waals surface area contributed by atoms with Gasteiger partial charge in [-0.05, 0) is 51.9 Å². The molecule has 1 unspecified atom stereocenters. The Labute approximate surface area is 188 Å². The molecule has 30 heavy (non-hydrogen) atoms. The van der Waals surface area contributed by atoms with Gasteiger partial charge in [0.1, 0.15) is 5.75 Å². The first-order valence-electron chi connectivity index (χ1n) is 10.2. The van der Waals surface area contributed by atoms with Gasteiger partial charge in [0.15, 0.2) is 9.84 Å². The Kier molecular flexibility index (Phi) is 8.99. The highest BCUT2D eigenvalue weighted by Crippen LogP contribution is 2.31. The van der Waals surface area contributed by atoms with Crippen LogP contribution in [-0.2, 0) is 20.0 Å². The van der Waals surface area contributed by atoms with Gasteiger partial charge in [-0.1, -0.05) is 26.8 Å². The maximum absolute atomic E-state index is 12.6. The highest BCUT2D eigenvalue weighted by atomic mass is 79.9. The topological polar surface area (TPSA) is 84.9 Å². The van der Waals surface area contributed by atoms with Crippen LogP contribution in [0.5, 0.6) is 5.75 Å². The zero-order valence-corrected chi connectivity index (χ0v) is 20.6. The van der Waals surface area contributed by atoms with Crippen molar-refractivity contribution in [2.75, 3.05) is 44.9 Å². The third-order valence-corrected chi connectivity index (χ3v) is 7.47. The molecule has 0 saturated carbocycles. The van der Waals surface area contributed by atoms with Gasteiger partial charge >= 0.3 is 6.03 Å². The van der Waals surface area contributed by atoms with Crippen molar-refractivity contribution < 1.29 is 22.7 Å². The number of amides is 2. The van der Waals surface area contributed by atoms with E-state index >= 15 is 0 Å². The molecule has 0 radical (unpaired) electrons. The Morgan fingerprint density at radius 1 is 1.30 bits per heavy atom. The first-order valence-corrected chi connectivity index (χ1v) is 12.8. The van der Waals surface area contributed by atoms with Gasteiger partial charge < -0.3 is 19.7 Å². The largest absolute Gasteiger partial charge is 0.492 e. The van der Waals surface area contributed by atoms with Gasteiger partial charge in [-0.15, -0.1) is 0 Å². The Bertz CT molecular complexity index is 823. The van der Waals surface area contributed by atoms with Gasteiger partial charge in [-0.3, -0.25) is 0 Å². The standard InChI is InChI=1S/C21H33BrN2O5S/c1-21(2,3)16-6-7-19(18(22)14-16)29-11-5-9-23-20(25)24(10-12-28-4)17-8-13-30(26,27)15-17/h6-7,14,17H,5,8-13,15H2,1-4H3,(H,23,25). The summed E-state index contributed by atoms with van der Waals surface area (Å²) in [5, 5.41) is 2.87. The SMILES string of the molecule is COCCN(C(=O)NCCCOc1ccc(C(C)(C)C)cc1Br)C1CCS(=O)(=O)C1. The summed E-state index contributed by atoms with van der Waals surface area (Å²) in [6.45, 7) is 8.12. The van der Waals surface area contributed by atoms with Crippen molar-refractivity contribution in [3.8, 4) is 5.75 Å². The first kappa shape index (κ1) is 24.9. The van der Waals surface area contributed by atoms with Crippen LogP contribution in [0.3, 0.4) is 0 Å². The van der Waals surface area contributed by atoms with Crippen LogP contribution in [0.15, 0.2) is 22.7 Å². The third-order valence-electron chi connectivity index (χ3n) is 5.10. The van der Waals surface area contributed by atoms with E-state index in [0.717, 1.165) is 10.2 Å². The van der Waals surface area contributed by atoms with E-state index in [2.05, 4.69) is 54.2 Å². The van der Waals surface area contributed by atoms with Gasteiger partial charge in [-0.2, -0.15) is 0 Å². The molecule has 0 spiro atoms. The van der Waals surface area contributed by atoms with E-state index in [9.17, 15) is 13.2 Å². The van der Waals surface area contributed by atoms with Crippen molar-refractivity contribution in [2.45, 2.75) is 45.1 Å². The zero-order chi connectivity index (χ0) is 22.4. The van der Waals surface area contributed by atoms with Crippen molar-refractivity contribution >= 4 is 31.8 Å². The van der Waals surface area contributed by atoms with E-state index in [1.54, 1.807) is 12.0 Å². The summed E-state index contributed by atoms with van der Waals surface area (Å²) in [6, 6.07) is 5.53. The van der Waals surface area contributed by atoms with Crippen molar-refractivity contribution in [3.05, 3.63) is 28.2 Å². The summed E-state index contributed by atoms with van der Waals surface area (Å²) in [7, 11) is -1.50. The fraction of sp³-hybridized carbons (Fsp3) is 0.667. The molecule has 1 aliphatic heterocycles. The van der Waals surface area contributed by atoms with Crippen LogP contribution in [-0.4, -0.2) is 70.3 Å². The average molecular weight is 505 g/mol. The van der Waals surface area contributed by atoms with Crippen molar-refractivity contribution in [3.63, 3.8) is 0 Å². The molecule has 1 aliphatic rings. The number of urea groups is 1. The Morgan fingerprint density at radius 3 is 2.60 bits per heavy atom. The van der Waals surface area contributed by atoms with Gasteiger partial charge in [0, 0.05) is 26.2 Å². The maximum Gasteiger partial charge on any atom is 0.317 e. The molecule has 170 valence electrons. The number of benzene rings is 1. The van der Waals surface area contributed by atoms with Crippen LogP contribution in [0.25, 0.3) is 0 Å². The number of hydrogen-bond donors (Lipinski definition) is 1. The number of rotatable bonds is 9. The number of halogens is 1. The third kappa shape index (κ3) is 7.42. The second-order valence-electron chi connectivity index (χ2n) is 8.57. The van der Waals surface area contributed by atoms with Crippen LogP contribution in [0.4, 0.5) is 4.79 Å². The molecule has 2 rings (SSSR count). The normalized spacial score (nSPS) is 18.2. The molecule has 1 saturated heterocycles. The van der Waals surface area contributed by atoms with Crippen LogP contribution in [0.1, 0.15) is 39.2 Å². The second kappa shape index (κ2) is 10.8. The molecule has 1 fully saturated rings. The molecular weight excluding hydrogens is 472 g/mol. The molecule has 9 heteroatoms. The minimum absolute atomic E-state index is 0.0197. The van der Waals surface area contributed by atoms with E-state index in [0.29, 0.717) is 39.1 Å². The van der Waals surface area contributed by atoms with E-state index in [1.165, 1.54) is 5.56 Å². The number of carbonyl (C=O) groups excluding carboxylic acids is 1. The van der Waals surface area contributed by atoms with E-state index in [4.69, 9.17) is 9.47 Å². The quantitative estimate of drug-likeness (QED) is 0.521. The molecule has 1 aromatic carbocycles. The number of ether oxygens (including phenoxy) is 2. The molecule has 2 amide bonds. The Morgan fingerprint density at radius 2 is 2.03 bits per heavy atom. The molecule has 0 bridgehead atoms. The summed E-state index contributed by atoms with van der Waals surface area (Å²) in [5.74, 6) is 0.920. The molecule has 1 N–H and O–H groups in total. The summed E-state index contributed by atoms with van der Waals surface area (Å²) >= 11 is 3.56. The predicted molar refractivity (Wildman–Crippen MR) is 122 cm³/mol. The molecule has 0 aliphatic carbocycles. The monoisotopic (exact) mass is 504 g/mol. The van der Waals surface area contributed by atoms with Crippen LogP contribution >= 0.6 is 15.9 Å². The molecule has 0 aromatic heterocycles. The number of nitrogens with one attached hydrogen (secondary N) is 1.